The average molecular weight is 183 g/mol. The van der Waals surface area contributed by atoms with Crippen LogP contribution < -0.4 is 0 Å². The standard InChI is InChI=1S/C10H17NO2/c1-3-11-7-6-9(8-11)4-5-10(12)13-2/h4-5,9H,3,6-8H2,1-2H3/b5-4-. The Morgan fingerprint density at radius 2 is 2.46 bits per heavy atom. The Morgan fingerprint density at radius 3 is 3.00 bits per heavy atom. The molecule has 0 radical (unpaired) electrons. The van der Waals surface area contributed by atoms with E-state index in [1.165, 1.54) is 13.2 Å². The number of hydrogen-bond acceptors (Lipinski definition) is 3. The average Bonchev–Trinajstić information content (AvgIpc) is 2.61. The summed E-state index contributed by atoms with van der Waals surface area (Å²) in [6, 6.07) is 0. The second kappa shape index (κ2) is 5.02. The largest absolute Gasteiger partial charge is 0.466 e. The van der Waals surface area contributed by atoms with Crippen LogP contribution in [0.5, 0.6) is 0 Å². The molecule has 1 unspecified atom stereocenters. The van der Waals surface area contributed by atoms with Crippen LogP contribution in [0, 0.1) is 5.92 Å². The first kappa shape index (κ1) is 10.3. The van der Waals surface area contributed by atoms with Gasteiger partial charge in [0, 0.05) is 12.6 Å². The van der Waals surface area contributed by atoms with Crippen LogP contribution in [0.15, 0.2) is 12.2 Å². The highest BCUT2D eigenvalue weighted by atomic mass is 16.5. The fourth-order valence-electron chi connectivity index (χ4n) is 1.59. The van der Waals surface area contributed by atoms with Gasteiger partial charge in [-0.15, -0.1) is 0 Å². The molecular weight excluding hydrogens is 166 g/mol. The number of likely N-dealkylation sites (tertiary alicyclic amines) is 1. The molecule has 0 spiro atoms. The third-order valence-electron chi connectivity index (χ3n) is 2.46. The zero-order chi connectivity index (χ0) is 9.68. The van der Waals surface area contributed by atoms with Crippen LogP contribution in [0.4, 0.5) is 0 Å². The van der Waals surface area contributed by atoms with E-state index < -0.39 is 0 Å². The molecule has 0 amide bonds. The molecule has 1 rings (SSSR count). The first-order chi connectivity index (χ1) is 6.26. The van der Waals surface area contributed by atoms with Gasteiger partial charge < -0.3 is 9.64 Å². The zero-order valence-corrected chi connectivity index (χ0v) is 8.32. The van der Waals surface area contributed by atoms with Gasteiger partial charge in [-0.25, -0.2) is 4.79 Å². The van der Waals surface area contributed by atoms with E-state index in [0.29, 0.717) is 5.92 Å². The Kier molecular flexibility index (Phi) is 3.96. The molecule has 1 saturated heterocycles. The van der Waals surface area contributed by atoms with E-state index in [1.54, 1.807) is 0 Å². The Morgan fingerprint density at radius 1 is 1.69 bits per heavy atom. The number of nitrogens with zero attached hydrogens (tertiary/aromatic N) is 1. The lowest BCUT2D eigenvalue weighted by Crippen LogP contribution is -2.19. The molecule has 1 atom stereocenters. The van der Waals surface area contributed by atoms with Crippen molar-refractivity contribution < 1.29 is 9.53 Å². The zero-order valence-electron chi connectivity index (χ0n) is 8.32. The van der Waals surface area contributed by atoms with Crippen LogP contribution in [0.25, 0.3) is 0 Å². The minimum atomic E-state index is -0.255. The van der Waals surface area contributed by atoms with Crippen LogP contribution in [-0.4, -0.2) is 37.6 Å². The van der Waals surface area contributed by atoms with Gasteiger partial charge in [0.25, 0.3) is 0 Å². The highest BCUT2D eigenvalue weighted by Gasteiger charge is 2.18. The maximum Gasteiger partial charge on any atom is 0.330 e. The molecule has 0 bridgehead atoms. The van der Waals surface area contributed by atoms with Crippen molar-refractivity contribution in [3.05, 3.63) is 12.2 Å². The van der Waals surface area contributed by atoms with Crippen LogP contribution in [0.2, 0.25) is 0 Å². The number of rotatable bonds is 3. The summed E-state index contributed by atoms with van der Waals surface area (Å²) in [4.78, 5) is 13.2. The summed E-state index contributed by atoms with van der Waals surface area (Å²) < 4.78 is 4.52. The van der Waals surface area contributed by atoms with Crippen molar-refractivity contribution >= 4 is 5.97 Å². The van der Waals surface area contributed by atoms with Gasteiger partial charge in [-0.3, -0.25) is 0 Å². The van der Waals surface area contributed by atoms with Gasteiger partial charge >= 0.3 is 5.97 Å². The molecular formula is C10H17NO2. The molecule has 0 aromatic carbocycles. The van der Waals surface area contributed by atoms with Crippen molar-refractivity contribution in [3.8, 4) is 0 Å². The van der Waals surface area contributed by atoms with Crippen molar-refractivity contribution in [2.24, 2.45) is 5.92 Å². The van der Waals surface area contributed by atoms with Crippen LogP contribution in [-0.2, 0) is 9.53 Å². The number of hydrogen-bond donors (Lipinski definition) is 0. The highest BCUT2D eigenvalue weighted by Crippen LogP contribution is 2.16. The molecule has 0 aromatic rings. The second-order valence-corrected chi connectivity index (χ2v) is 3.32. The fourth-order valence-corrected chi connectivity index (χ4v) is 1.59. The molecule has 3 heteroatoms. The Bertz CT molecular complexity index is 201. The van der Waals surface area contributed by atoms with Crippen molar-refractivity contribution in [1.82, 2.24) is 4.90 Å². The topological polar surface area (TPSA) is 29.5 Å². The van der Waals surface area contributed by atoms with Crippen molar-refractivity contribution in [2.75, 3.05) is 26.7 Å². The quantitative estimate of drug-likeness (QED) is 0.484. The lowest BCUT2D eigenvalue weighted by molar-refractivity contribution is -0.134. The number of carbonyl (C=O) groups excluding carboxylic acids is 1. The van der Waals surface area contributed by atoms with E-state index >= 15 is 0 Å². The highest BCUT2D eigenvalue weighted by molar-refractivity contribution is 5.81. The maximum atomic E-state index is 10.8. The SMILES string of the molecule is CCN1CCC(/C=C\C(=O)OC)C1. The van der Waals surface area contributed by atoms with Gasteiger partial charge in [0.05, 0.1) is 7.11 Å². The summed E-state index contributed by atoms with van der Waals surface area (Å²) in [5.74, 6) is 0.272. The summed E-state index contributed by atoms with van der Waals surface area (Å²) in [5, 5.41) is 0. The first-order valence-corrected chi connectivity index (χ1v) is 4.74. The van der Waals surface area contributed by atoms with E-state index in [2.05, 4.69) is 16.6 Å². The lowest BCUT2D eigenvalue weighted by atomic mass is 10.1. The minimum absolute atomic E-state index is 0.255. The normalized spacial score (nSPS) is 24.0. The molecule has 74 valence electrons. The maximum absolute atomic E-state index is 10.8. The summed E-state index contributed by atoms with van der Waals surface area (Å²) in [7, 11) is 1.40. The van der Waals surface area contributed by atoms with E-state index in [1.807, 2.05) is 6.08 Å². The first-order valence-electron chi connectivity index (χ1n) is 4.74. The Balaban J connectivity index is 2.31. The predicted octanol–water partition coefficient (Wildman–Crippen LogP) is 1.06. The van der Waals surface area contributed by atoms with Crippen LogP contribution in [0.1, 0.15) is 13.3 Å². The van der Waals surface area contributed by atoms with E-state index in [0.717, 1.165) is 26.1 Å². The van der Waals surface area contributed by atoms with Crippen molar-refractivity contribution in [2.45, 2.75) is 13.3 Å². The van der Waals surface area contributed by atoms with Crippen LogP contribution in [0.3, 0.4) is 0 Å². The molecule has 0 aliphatic carbocycles. The summed E-state index contributed by atoms with van der Waals surface area (Å²) >= 11 is 0. The van der Waals surface area contributed by atoms with E-state index in [-0.39, 0.29) is 5.97 Å². The predicted molar refractivity (Wildman–Crippen MR) is 51.4 cm³/mol. The van der Waals surface area contributed by atoms with Gasteiger partial charge in [0.15, 0.2) is 0 Å². The molecule has 1 heterocycles. The third kappa shape index (κ3) is 3.19. The molecule has 1 aliphatic heterocycles. The molecule has 1 aliphatic rings. The fraction of sp³-hybridized carbons (Fsp3) is 0.700. The van der Waals surface area contributed by atoms with Gasteiger partial charge in [0.2, 0.25) is 0 Å². The van der Waals surface area contributed by atoms with Gasteiger partial charge in [-0.1, -0.05) is 13.0 Å². The monoisotopic (exact) mass is 183 g/mol. The summed E-state index contributed by atoms with van der Waals surface area (Å²) in [6.07, 6.45) is 4.65. The Hall–Kier alpha value is -0.830. The van der Waals surface area contributed by atoms with Gasteiger partial charge in [0.1, 0.15) is 0 Å². The molecule has 0 saturated carbocycles. The van der Waals surface area contributed by atoms with Crippen molar-refractivity contribution in [3.63, 3.8) is 0 Å². The van der Waals surface area contributed by atoms with Crippen LogP contribution >= 0.6 is 0 Å². The second-order valence-electron chi connectivity index (χ2n) is 3.32. The number of carbonyl (C=O) groups is 1. The molecule has 3 nitrogen and oxygen atoms in total. The third-order valence-corrected chi connectivity index (χ3v) is 2.46. The Labute approximate surface area is 79.4 Å². The molecule has 13 heavy (non-hydrogen) atoms. The van der Waals surface area contributed by atoms with E-state index in [4.69, 9.17) is 0 Å². The summed E-state index contributed by atoms with van der Waals surface area (Å²) in [6.45, 7) is 5.48. The minimum Gasteiger partial charge on any atom is -0.466 e. The lowest BCUT2D eigenvalue weighted by Gasteiger charge is -2.10. The molecule has 0 aromatic heterocycles. The smallest absolute Gasteiger partial charge is 0.330 e. The van der Waals surface area contributed by atoms with Gasteiger partial charge in [-0.05, 0) is 25.4 Å². The number of ether oxygens (including phenoxy) is 1. The van der Waals surface area contributed by atoms with E-state index in [9.17, 15) is 4.79 Å². The van der Waals surface area contributed by atoms with Crippen molar-refractivity contribution in [1.29, 1.82) is 0 Å². The summed E-state index contributed by atoms with van der Waals surface area (Å²) in [5.41, 5.74) is 0. The number of methoxy groups -OCH3 is 1. The van der Waals surface area contributed by atoms with Gasteiger partial charge in [-0.2, -0.15) is 0 Å². The number of esters is 1. The molecule has 0 N–H and O–H groups in total. The molecule has 1 fully saturated rings.